The number of benzene rings is 1. The molecule has 0 spiro atoms. The molecule has 0 aromatic heterocycles. The van der Waals surface area contributed by atoms with Gasteiger partial charge in [-0.15, -0.1) is 24.0 Å². The molecule has 2 N–H and O–H groups in total. The van der Waals surface area contributed by atoms with Gasteiger partial charge >= 0.3 is 0 Å². The summed E-state index contributed by atoms with van der Waals surface area (Å²) in [6.45, 7) is 8.34. The number of nitrogens with one attached hydrogen (secondary N) is 2. The lowest BCUT2D eigenvalue weighted by Gasteiger charge is -2.20. The van der Waals surface area contributed by atoms with E-state index >= 15 is 0 Å². The van der Waals surface area contributed by atoms with Crippen LogP contribution in [0.3, 0.4) is 0 Å². The molecule has 0 bridgehead atoms. The largest absolute Gasteiger partial charge is 0.353 e. The quantitative estimate of drug-likeness (QED) is 0.271. The van der Waals surface area contributed by atoms with Crippen molar-refractivity contribution in [1.82, 2.24) is 15.5 Å². The van der Waals surface area contributed by atoms with Crippen molar-refractivity contribution in [2.45, 2.75) is 19.9 Å². The van der Waals surface area contributed by atoms with Crippen molar-refractivity contribution in [2.24, 2.45) is 4.99 Å². The van der Waals surface area contributed by atoms with E-state index in [1.165, 1.54) is 4.90 Å². The van der Waals surface area contributed by atoms with Crippen molar-refractivity contribution in [1.29, 1.82) is 0 Å². The molecule has 0 saturated heterocycles. The van der Waals surface area contributed by atoms with Crippen LogP contribution in [0, 0.1) is 0 Å². The van der Waals surface area contributed by atoms with E-state index in [2.05, 4.69) is 22.2 Å². The highest BCUT2D eigenvalue weighted by Gasteiger charge is 2.12. The van der Waals surface area contributed by atoms with Crippen LogP contribution < -0.4 is 10.6 Å². The van der Waals surface area contributed by atoms with Gasteiger partial charge in [0, 0.05) is 30.7 Å². The zero-order chi connectivity index (χ0) is 18.3. The number of nitrogens with zero attached hydrogens (tertiary/aromatic N) is 2. The summed E-state index contributed by atoms with van der Waals surface area (Å²) in [5.74, 6) is 0.440. The second-order valence-electron chi connectivity index (χ2n) is 5.80. The van der Waals surface area contributed by atoms with Gasteiger partial charge in [0.25, 0.3) is 0 Å². The molecule has 0 radical (unpaired) electrons. The average Bonchev–Trinajstić information content (AvgIpc) is 2.49. The standard InChI is InChI=1S/C17H24Cl2N4O.HI/c1-11(2)9-20-17(21-10-16(24)23(4)5)22-12(3)14-7-6-13(18)8-15(14)19;/h6-8,12H,1,9-10H2,2-5H3,(H2,20,21,22);1H. The van der Waals surface area contributed by atoms with Crippen LogP contribution in [-0.4, -0.2) is 44.0 Å². The Morgan fingerprint density at radius 3 is 2.52 bits per heavy atom. The molecule has 8 heteroatoms. The molecule has 1 amide bonds. The maximum absolute atomic E-state index is 11.7. The van der Waals surface area contributed by atoms with Crippen LogP contribution in [0.25, 0.3) is 0 Å². The van der Waals surface area contributed by atoms with E-state index in [-0.39, 0.29) is 42.5 Å². The smallest absolute Gasteiger partial charge is 0.243 e. The number of aliphatic imine (C=N–C) groups is 1. The molecular formula is C17H25Cl2IN4O. The molecule has 0 aliphatic heterocycles. The van der Waals surface area contributed by atoms with E-state index in [0.29, 0.717) is 22.5 Å². The lowest BCUT2D eigenvalue weighted by molar-refractivity contribution is -0.127. The summed E-state index contributed by atoms with van der Waals surface area (Å²) in [7, 11) is 3.39. The summed E-state index contributed by atoms with van der Waals surface area (Å²) < 4.78 is 0. The number of hydrogen-bond donors (Lipinski definition) is 2. The van der Waals surface area contributed by atoms with E-state index in [0.717, 1.165) is 11.1 Å². The molecule has 0 saturated carbocycles. The zero-order valence-electron chi connectivity index (χ0n) is 14.9. The van der Waals surface area contributed by atoms with Gasteiger partial charge in [0.2, 0.25) is 5.91 Å². The number of halogens is 3. The zero-order valence-corrected chi connectivity index (χ0v) is 18.7. The predicted octanol–water partition coefficient (Wildman–Crippen LogP) is 3.87. The van der Waals surface area contributed by atoms with E-state index in [1.54, 1.807) is 26.2 Å². The Labute approximate surface area is 176 Å². The monoisotopic (exact) mass is 498 g/mol. The number of carbonyl (C=O) groups excluding carboxylic acids is 1. The van der Waals surface area contributed by atoms with Crippen molar-refractivity contribution < 1.29 is 4.79 Å². The van der Waals surface area contributed by atoms with Gasteiger partial charge in [-0.1, -0.05) is 41.4 Å². The molecule has 0 fully saturated rings. The van der Waals surface area contributed by atoms with E-state index in [9.17, 15) is 4.79 Å². The van der Waals surface area contributed by atoms with Crippen molar-refractivity contribution in [3.63, 3.8) is 0 Å². The highest BCUT2D eigenvalue weighted by Crippen LogP contribution is 2.25. The molecule has 25 heavy (non-hydrogen) atoms. The minimum Gasteiger partial charge on any atom is -0.353 e. The molecule has 0 aliphatic rings. The van der Waals surface area contributed by atoms with Crippen molar-refractivity contribution in [2.75, 3.05) is 27.2 Å². The number of rotatable bonds is 6. The van der Waals surface area contributed by atoms with Crippen LogP contribution in [-0.2, 0) is 4.79 Å². The molecule has 140 valence electrons. The summed E-state index contributed by atoms with van der Waals surface area (Å²) >= 11 is 12.2. The predicted molar refractivity (Wildman–Crippen MR) is 117 cm³/mol. The summed E-state index contributed by atoms with van der Waals surface area (Å²) in [5, 5.41) is 7.55. The highest BCUT2D eigenvalue weighted by molar-refractivity contribution is 14.0. The van der Waals surface area contributed by atoms with Crippen molar-refractivity contribution in [3.8, 4) is 0 Å². The van der Waals surface area contributed by atoms with Crippen LogP contribution >= 0.6 is 47.2 Å². The van der Waals surface area contributed by atoms with Crippen LogP contribution in [0.2, 0.25) is 10.0 Å². The molecule has 1 unspecified atom stereocenters. The van der Waals surface area contributed by atoms with Gasteiger partial charge in [-0.05, 0) is 31.5 Å². The Hall–Kier alpha value is -0.990. The van der Waals surface area contributed by atoms with Gasteiger partial charge in [0.05, 0.1) is 6.04 Å². The maximum Gasteiger partial charge on any atom is 0.243 e. The molecule has 1 rings (SSSR count). The fraction of sp³-hybridized carbons (Fsp3) is 0.412. The molecule has 5 nitrogen and oxygen atoms in total. The van der Waals surface area contributed by atoms with Crippen LogP contribution in [0.15, 0.2) is 35.3 Å². The van der Waals surface area contributed by atoms with Crippen molar-refractivity contribution in [3.05, 3.63) is 46.0 Å². The summed E-state index contributed by atoms with van der Waals surface area (Å²) in [6.07, 6.45) is 0. The first-order valence-corrected chi connectivity index (χ1v) is 8.30. The maximum atomic E-state index is 11.7. The Bertz CT molecular complexity index is 635. The van der Waals surface area contributed by atoms with Gasteiger partial charge in [-0.2, -0.15) is 0 Å². The minimum atomic E-state index is -0.111. The Balaban J connectivity index is 0.00000576. The topological polar surface area (TPSA) is 56.7 Å². The van der Waals surface area contributed by atoms with E-state index < -0.39 is 0 Å². The lowest BCUT2D eigenvalue weighted by atomic mass is 10.1. The summed E-state index contributed by atoms with van der Waals surface area (Å²) in [4.78, 5) is 17.6. The lowest BCUT2D eigenvalue weighted by Crippen LogP contribution is -2.40. The second-order valence-corrected chi connectivity index (χ2v) is 6.64. The number of likely N-dealkylation sites (N-methyl/N-ethyl adjacent to an activating group) is 1. The Morgan fingerprint density at radius 2 is 2.00 bits per heavy atom. The number of hydrogen-bond acceptors (Lipinski definition) is 2. The summed E-state index contributed by atoms with van der Waals surface area (Å²) in [6, 6.07) is 5.24. The number of carbonyl (C=O) groups is 1. The fourth-order valence-electron chi connectivity index (χ4n) is 1.81. The first-order chi connectivity index (χ1) is 11.2. The molecule has 0 heterocycles. The van der Waals surface area contributed by atoms with Gasteiger partial charge in [-0.25, -0.2) is 4.99 Å². The number of guanidine groups is 1. The minimum absolute atomic E-state index is 0. The van der Waals surface area contributed by atoms with Gasteiger partial charge in [0.15, 0.2) is 5.96 Å². The van der Waals surface area contributed by atoms with Crippen LogP contribution in [0.4, 0.5) is 0 Å². The van der Waals surface area contributed by atoms with Crippen LogP contribution in [0.5, 0.6) is 0 Å². The van der Waals surface area contributed by atoms with Crippen LogP contribution in [0.1, 0.15) is 25.5 Å². The molecule has 1 atom stereocenters. The van der Waals surface area contributed by atoms with E-state index in [4.69, 9.17) is 23.2 Å². The summed E-state index contributed by atoms with van der Waals surface area (Å²) in [5.41, 5.74) is 1.85. The third-order valence-corrected chi connectivity index (χ3v) is 3.77. The highest BCUT2D eigenvalue weighted by atomic mass is 127. The first kappa shape index (κ1) is 24.0. The molecule has 1 aromatic rings. The third kappa shape index (κ3) is 8.78. The fourth-order valence-corrected chi connectivity index (χ4v) is 2.38. The first-order valence-electron chi connectivity index (χ1n) is 7.55. The van der Waals surface area contributed by atoms with Gasteiger partial charge in [0.1, 0.15) is 6.54 Å². The molecular weight excluding hydrogens is 474 g/mol. The average molecular weight is 499 g/mol. The molecule has 1 aromatic carbocycles. The van der Waals surface area contributed by atoms with Gasteiger partial charge in [-0.3, -0.25) is 4.79 Å². The normalized spacial score (nSPS) is 12.0. The van der Waals surface area contributed by atoms with E-state index in [1.807, 2.05) is 19.9 Å². The Kier molecular flexibility index (Phi) is 11.1. The Morgan fingerprint density at radius 1 is 1.36 bits per heavy atom. The third-order valence-electron chi connectivity index (χ3n) is 3.21. The second kappa shape index (κ2) is 11.6. The SMILES string of the molecule is C=C(C)CNC(=NCC(=O)N(C)C)NC(C)c1ccc(Cl)cc1Cl.I. The molecule has 0 aliphatic carbocycles. The van der Waals surface area contributed by atoms with Crippen molar-refractivity contribution >= 4 is 59.0 Å². The number of amides is 1. The van der Waals surface area contributed by atoms with Gasteiger partial charge < -0.3 is 15.5 Å².